The van der Waals surface area contributed by atoms with Crippen molar-refractivity contribution in [1.82, 2.24) is 0 Å². The summed E-state index contributed by atoms with van der Waals surface area (Å²) in [6.45, 7) is 1.79. The van der Waals surface area contributed by atoms with Crippen LogP contribution in [0.1, 0.15) is 12.8 Å². The fourth-order valence-corrected chi connectivity index (χ4v) is 1.91. The fraction of sp³-hybridized carbons (Fsp3) is 0.455. The first-order valence-corrected chi connectivity index (χ1v) is 5.03. The van der Waals surface area contributed by atoms with Crippen LogP contribution < -0.4 is 10.6 Å². The molecule has 2 nitrogen and oxygen atoms in total. The van der Waals surface area contributed by atoms with Gasteiger partial charge in [0.25, 0.3) is 0 Å². The van der Waals surface area contributed by atoms with Crippen molar-refractivity contribution < 1.29 is 4.39 Å². The van der Waals surface area contributed by atoms with Gasteiger partial charge in [0, 0.05) is 18.3 Å². The number of hydrogen-bond acceptors (Lipinski definition) is 2. The number of nitrogens with zero attached hydrogens (tertiary/aromatic N) is 1. The Bertz CT molecular complexity index is 297. The Balaban J connectivity index is 2.04. The quantitative estimate of drug-likeness (QED) is 0.794. The van der Waals surface area contributed by atoms with Crippen LogP contribution in [-0.4, -0.2) is 19.1 Å². The molecule has 0 amide bonds. The highest BCUT2D eigenvalue weighted by atomic mass is 19.1. The molecule has 0 aliphatic carbocycles. The summed E-state index contributed by atoms with van der Waals surface area (Å²) in [6.07, 6.45) is 2.23. The molecular formula is C11H15FN2. The summed E-state index contributed by atoms with van der Waals surface area (Å²) >= 11 is 0. The molecule has 1 saturated heterocycles. The Labute approximate surface area is 83.5 Å². The smallest absolute Gasteiger partial charge is 0.123 e. The molecule has 0 aromatic heterocycles. The third-order valence-electron chi connectivity index (χ3n) is 2.80. The molecule has 1 fully saturated rings. The van der Waals surface area contributed by atoms with Gasteiger partial charge in [0.2, 0.25) is 0 Å². The van der Waals surface area contributed by atoms with E-state index in [1.165, 1.54) is 18.6 Å². The van der Waals surface area contributed by atoms with E-state index in [0.717, 1.165) is 25.2 Å². The van der Waals surface area contributed by atoms with E-state index in [0.29, 0.717) is 6.04 Å². The first-order valence-electron chi connectivity index (χ1n) is 5.03. The lowest BCUT2D eigenvalue weighted by molar-refractivity contribution is 0.427. The van der Waals surface area contributed by atoms with Gasteiger partial charge < -0.3 is 10.6 Å². The highest BCUT2D eigenvalue weighted by Crippen LogP contribution is 2.27. The maximum atomic E-state index is 12.7. The van der Waals surface area contributed by atoms with Crippen molar-refractivity contribution in [2.75, 3.05) is 18.0 Å². The molecule has 1 aromatic rings. The monoisotopic (exact) mass is 194 g/mol. The van der Waals surface area contributed by atoms with Crippen LogP contribution in [0.3, 0.4) is 0 Å². The second-order valence-corrected chi connectivity index (χ2v) is 3.69. The van der Waals surface area contributed by atoms with Crippen LogP contribution in [0, 0.1) is 5.82 Å². The molecule has 1 aliphatic rings. The SMILES string of the molecule is NCCC1CCN1c1ccc(F)cc1. The van der Waals surface area contributed by atoms with E-state index in [1.54, 1.807) is 0 Å². The van der Waals surface area contributed by atoms with Crippen LogP contribution in [0.25, 0.3) is 0 Å². The van der Waals surface area contributed by atoms with Crippen molar-refractivity contribution in [2.45, 2.75) is 18.9 Å². The third-order valence-corrected chi connectivity index (χ3v) is 2.80. The molecule has 2 rings (SSSR count). The highest BCUT2D eigenvalue weighted by molar-refractivity contribution is 5.49. The van der Waals surface area contributed by atoms with Gasteiger partial charge in [-0.05, 0) is 43.7 Å². The molecule has 0 spiro atoms. The predicted molar refractivity (Wildman–Crippen MR) is 55.8 cm³/mol. The number of halogens is 1. The number of anilines is 1. The van der Waals surface area contributed by atoms with Crippen LogP contribution in [-0.2, 0) is 0 Å². The van der Waals surface area contributed by atoms with Gasteiger partial charge in [-0.1, -0.05) is 0 Å². The second kappa shape index (κ2) is 3.96. The van der Waals surface area contributed by atoms with Gasteiger partial charge in [0.1, 0.15) is 5.82 Å². The fourth-order valence-electron chi connectivity index (χ4n) is 1.91. The standard InChI is InChI=1S/C11H15FN2/c12-9-1-3-10(4-2-9)14-8-6-11(14)5-7-13/h1-4,11H,5-8,13H2. The molecule has 1 aromatic carbocycles. The van der Waals surface area contributed by atoms with Crippen LogP contribution >= 0.6 is 0 Å². The molecular weight excluding hydrogens is 179 g/mol. The van der Waals surface area contributed by atoms with Gasteiger partial charge in [0.05, 0.1) is 0 Å². The largest absolute Gasteiger partial charge is 0.368 e. The zero-order chi connectivity index (χ0) is 9.97. The van der Waals surface area contributed by atoms with E-state index in [4.69, 9.17) is 5.73 Å². The van der Waals surface area contributed by atoms with E-state index in [-0.39, 0.29) is 5.82 Å². The minimum Gasteiger partial charge on any atom is -0.368 e. The van der Waals surface area contributed by atoms with Crippen molar-refractivity contribution in [2.24, 2.45) is 5.73 Å². The van der Waals surface area contributed by atoms with Crippen molar-refractivity contribution in [3.8, 4) is 0 Å². The Hall–Kier alpha value is -1.09. The van der Waals surface area contributed by atoms with E-state index >= 15 is 0 Å². The molecule has 2 N–H and O–H groups in total. The summed E-state index contributed by atoms with van der Waals surface area (Å²) in [7, 11) is 0. The van der Waals surface area contributed by atoms with Crippen LogP contribution in [0.15, 0.2) is 24.3 Å². The molecule has 0 radical (unpaired) electrons. The summed E-state index contributed by atoms with van der Waals surface area (Å²) in [4.78, 5) is 2.28. The van der Waals surface area contributed by atoms with Gasteiger partial charge >= 0.3 is 0 Å². The minimum absolute atomic E-state index is 0.176. The van der Waals surface area contributed by atoms with E-state index < -0.39 is 0 Å². The normalized spacial score (nSPS) is 20.7. The average Bonchev–Trinajstić information content (AvgIpc) is 2.16. The van der Waals surface area contributed by atoms with Gasteiger partial charge in [-0.2, -0.15) is 0 Å². The maximum absolute atomic E-state index is 12.7. The topological polar surface area (TPSA) is 29.3 Å². The summed E-state index contributed by atoms with van der Waals surface area (Å²) in [5.41, 5.74) is 6.62. The van der Waals surface area contributed by atoms with Crippen LogP contribution in [0.2, 0.25) is 0 Å². The molecule has 1 atom stereocenters. The van der Waals surface area contributed by atoms with Crippen molar-refractivity contribution in [3.63, 3.8) is 0 Å². The number of nitrogens with two attached hydrogens (primary N) is 1. The Morgan fingerprint density at radius 1 is 1.36 bits per heavy atom. The average molecular weight is 194 g/mol. The summed E-state index contributed by atoms with van der Waals surface area (Å²) < 4.78 is 12.7. The first-order chi connectivity index (χ1) is 6.81. The Morgan fingerprint density at radius 2 is 2.07 bits per heavy atom. The number of rotatable bonds is 3. The third kappa shape index (κ3) is 1.73. The molecule has 76 valence electrons. The van der Waals surface area contributed by atoms with Gasteiger partial charge in [-0.3, -0.25) is 0 Å². The van der Waals surface area contributed by atoms with Crippen molar-refractivity contribution in [1.29, 1.82) is 0 Å². The minimum atomic E-state index is -0.176. The summed E-state index contributed by atoms with van der Waals surface area (Å²) in [5, 5.41) is 0. The summed E-state index contributed by atoms with van der Waals surface area (Å²) in [6, 6.07) is 7.24. The highest BCUT2D eigenvalue weighted by Gasteiger charge is 2.26. The zero-order valence-electron chi connectivity index (χ0n) is 8.12. The van der Waals surface area contributed by atoms with E-state index in [2.05, 4.69) is 4.90 Å². The molecule has 3 heteroatoms. The lowest BCUT2D eigenvalue weighted by atomic mass is 9.98. The molecule has 1 heterocycles. The van der Waals surface area contributed by atoms with Gasteiger partial charge in [-0.15, -0.1) is 0 Å². The Morgan fingerprint density at radius 3 is 2.57 bits per heavy atom. The van der Waals surface area contributed by atoms with Crippen LogP contribution in [0.4, 0.5) is 10.1 Å². The first kappa shape index (κ1) is 9.46. The Kier molecular flexibility index (Phi) is 2.68. The van der Waals surface area contributed by atoms with Gasteiger partial charge in [0.15, 0.2) is 0 Å². The summed E-state index contributed by atoms with van der Waals surface area (Å²) in [5.74, 6) is -0.176. The molecule has 14 heavy (non-hydrogen) atoms. The maximum Gasteiger partial charge on any atom is 0.123 e. The molecule has 0 bridgehead atoms. The van der Waals surface area contributed by atoms with Crippen LogP contribution in [0.5, 0.6) is 0 Å². The van der Waals surface area contributed by atoms with Crippen molar-refractivity contribution >= 4 is 5.69 Å². The van der Waals surface area contributed by atoms with E-state index in [1.807, 2.05) is 12.1 Å². The number of hydrogen-bond donors (Lipinski definition) is 1. The second-order valence-electron chi connectivity index (χ2n) is 3.69. The predicted octanol–water partition coefficient (Wildman–Crippen LogP) is 1.75. The zero-order valence-corrected chi connectivity index (χ0v) is 8.12. The molecule has 0 saturated carbocycles. The lowest BCUT2D eigenvalue weighted by Crippen LogP contribution is -2.48. The van der Waals surface area contributed by atoms with E-state index in [9.17, 15) is 4.39 Å². The molecule has 1 unspecified atom stereocenters. The molecule has 1 aliphatic heterocycles. The van der Waals surface area contributed by atoms with Crippen molar-refractivity contribution in [3.05, 3.63) is 30.1 Å². The number of benzene rings is 1. The lowest BCUT2D eigenvalue weighted by Gasteiger charge is -2.43. The van der Waals surface area contributed by atoms with Gasteiger partial charge in [-0.25, -0.2) is 4.39 Å².